The van der Waals surface area contributed by atoms with Gasteiger partial charge in [-0.05, 0) is 37.1 Å². The van der Waals surface area contributed by atoms with Gasteiger partial charge < -0.3 is 15.3 Å². The van der Waals surface area contributed by atoms with Gasteiger partial charge in [0.2, 0.25) is 5.91 Å². The van der Waals surface area contributed by atoms with Crippen molar-refractivity contribution < 1.29 is 14.7 Å². The molecule has 1 aliphatic heterocycles. The molecule has 2 aliphatic rings. The average molecular weight is 268 g/mol. The average Bonchev–Trinajstić information content (AvgIpc) is 2.97. The van der Waals surface area contributed by atoms with Crippen molar-refractivity contribution in [3.63, 3.8) is 0 Å². The minimum absolute atomic E-state index is 0.0993. The first-order valence-electron chi connectivity index (χ1n) is 7.11. The Morgan fingerprint density at radius 2 is 1.89 bits per heavy atom. The van der Waals surface area contributed by atoms with Crippen LogP contribution in [0.15, 0.2) is 0 Å². The minimum Gasteiger partial charge on any atom is -0.481 e. The van der Waals surface area contributed by atoms with Gasteiger partial charge in [-0.1, -0.05) is 13.8 Å². The van der Waals surface area contributed by atoms with E-state index in [-0.39, 0.29) is 11.8 Å². The molecule has 5 nitrogen and oxygen atoms in total. The molecule has 1 unspecified atom stereocenters. The van der Waals surface area contributed by atoms with E-state index in [9.17, 15) is 9.59 Å². The lowest BCUT2D eigenvalue weighted by molar-refractivity contribution is -0.145. The molecule has 1 atom stereocenters. The van der Waals surface area contributed by atoms with Gasteiger partial charge in [-0.25, -0.2) is 0 Å². The minimum atomic E-state index is -0.735. The first-order chi connectivity index (χ1) is 8.90. The molecule has 2 rings (SSSR count). The summed E-state index contributed by atoms with van der Waals surface area (Å²) in [5.41, 5.74) is 0.440. The van der Waals surface area contributed by atoms with Gasteiger partial charge in [0.05, 0.1) is 12.5 Å². The van der Waals surface area contributed by atoms with Gasteiger partial charge in [-0.15, -0.1) is 0 Å². The number of carbonyl (C=O) groups excluding carboxylic acids is 1. The Morgan fingerprint density at radius 3 is 2.37 bits per heavy atom. The van der Waals surface area contributed by atoms with Crippen molar-refractivity contribution in [1.82, 2.24) is 10.2 Å². The third kappa shape index (κ3) is 3.69. The molecule has 0 spiro atoms. The van der Waals surface area contributed by atoms with Crippen LogP contribution in [-0.2, 0) is 9.59 Å². The van der Waals surface area contributed by atoms with E-state index in [0.717, 1.165) is 6.54 Å². The van der Waals surface area contributed by atoms with E-state index in [4.69, 9.17) is 5.11 Å². The van der Waals surface area contributed by atoms with E-state index in [0.29, 0.717) is 43.8 Å². The van der Waals surface area contributed by atoms with Crippen molar-refractivity contribution in [2.45, 2.75) is 33.1 Å². The second-order valence-corrected chi connectivity index (χ2v) is 6.51. The van der Waals surface area contributed by atoms with Gasteiger partial charge in [0.15, 0.2) is 0 Å². The molecule has 1 saturated carbocycles. The Labute approximate surface area is 114 Å². The maximum absolute atomic E-state index is 12.0. The fraction of sp³-hybridized carbons (Fsp3) is 0.857. The lowest BCUT2D eigenvalue weighted by Crippen LogP contribution is -2.44. The predicted molar refractivity (Wildman–Crippen MR) is 71.7 cm³/mol. The van der Waals surface area contributed by atoms with Crippen LogP contribution in [0.25, 0.3) is 0 Å². The predicted octanol–water partition coefficient (Wildman–Crippen LogP) is 0.945. The van der Waals surface area contributed by atoms with Gasteiger partial charge in [0.25, 0.3) is 0 Å². The number of hydrogen-bond donors (Lipinski definition) is 2. The van der Waals surface area contributed by atoms with Crippen LogP contribution in [-0.4, -0.2) is 48.1 Å². The molecule has 0 radical (unpaired) electrons. The Balaban J connectivity index is 1.63. The van der Waals surface area contributed by atoms with Crippen LogP contribution in [0, 0.1) is 17.3 Å². The van der Waals surface area contributed by atoms with E-state index in [1.54, 1.807) is 4.90 Å². The summed E-state index contributed by atoms with van der Waals surface area (Å²) in [6, 6.07) is 0. The second-order valence-electron chi connectivity index (χ2n) is 6.51. The molecule has 0 aromatic rings. The third-order valence-electron chi connectivity index (χ3n) is 4.58. The van der Waals surface area contributed by atoms with E-state index < -0.39 is 5.97 Å². The monoisotopic (exact) mass is 268 g/mol. The van der Waals surface area contributed by atoms with Crippen LogP contribution in [0.2, 0.25) is 0 Å². The lowest BCUT2D eigenvalue weighted by atomic mass is 9.97. The van der Waals surface area contributed by atoms with Crippen molar-refractivity contribution in [3.8, 4) is 0 Å². The van der Waals surface area contributed by atoms with Gasteiger partial charge >= 0.3 is 5.97 Å². The molecule has 5 heteroatoms. The Bertz CT molecular complexity index is 360. The highest BCUT2D eigenvalue weighted by Crippen LogP contribution is 2.50. The van der Waals surface area contributed by atoms with Crippen molar-refractivity contribution >= 4 is 11.9 Å². The number of amides is 1. The van der Waals surface area contributed by atoms with E-state index in [2.05, 4.69) is 19.2 Å². The van der Waals surface area contributed by atoms with Crippen LogP contribution in [0.3, 0.4) is 0 Å². The number of likely N-dealkylation sites (tertiary alicyclic amines) is 1. The summed E-state index contributed by atoms with van der Waals surface area (Å²) in [6.07, 6.45) is 2.39. The number of carbonyl (C=O) groups is 2. The van der Waals surface area contributed by atoms with Crippen LogP contribution in [0.1, 0.15) is 33.1 Å². The van der Waals surface area contributed by atoms with Crippen LogP contribution >= 0.6 is 0 Å². The topological polar surface area (TPSA) is 69.6 Å². The second kappa shape index (κ2) is 5.49. The van der Waals surface area contributed by atoms with Gasteiger partial charge in [-0.2, -0.15) is 0 Å². The maximum Gasteiger partial charge on any atom is 0.306 e. The molecule has 1 saturated heterocycles. The summed E-state index contributed by atoms with van der Waals surface area (Å²) < 4.78 is 0. The molecular weight excluding hydrogens is 244 g/mol. The first-order valence-corrected chi connectivity index (χ1v) is 7.11. The molecule has 1 aliphatic carbocycles. The smallest absolute Gasteiger partial charge is 0.306 e. The normalized spacial score (nSPS) is 26.2. The molecule has 1 amide bonds. The number of hydrogen-bond acceptors (Lipinski definition) is 3. The highest BCUT2D eigenvalue weighted by atomic mass is 16.4. The largest absolute Gasteiger partial charge is 0.481 e. The summed E-state index contributed by atoms with van der Waals surface area (Å²) in [4.78, 5) is 24.6. The Hall–Kier alpha value is -1.10. The number of carboxylic acid groups (broad SMARTS) is 1. The van der Waals surface area contributed by atoms with Crippen molar-refractivity contribution in [3.05, 3.63) is 0 Å². The Kier molecular flexibility index (Phi) is 4.13. The van der Waals surface area contributed by atoms with E-state index in [1.807, 2.05) is 0 Å². The van der Waals surface area contributed by atoms with Crippen LogP contribution in [0.5, 0.6) is 0 Å². The number of carboxylic acids is 1. The number of aliphatic carboxylic acids is 1. The number of nitrogens with one attached hydrogen (secondary N) is 1. The van der Waals surface area contributed by atoms with Gasteiger partial charge in [-0.3, -0.25) is 9.59 Å². The summed E-state index contributed by atoms with van der Waals surface area (Å²) >= 11 is 0. The van der Waals surface area contributed by atoms with Crippen molar-refractivity contribution in [1.29, 1.82) is 0 Å². The van der Waals surface area contributed by atoms with Crippen molar-refractivity contribution in [2.75, 3.05) is 26.2 Å². The molecule has 108 valence electrons. The molecule has 0 bridgehead atoms. The molecule has 2 fully saturated rings. The summed E-state index contributed by atoms with van der Waals surface area (Å²) in [7, 11) is 0. The van der Waals surface area contributed by atoms with Gasteiger partial charge in [0, 0.05) is 13.1 Å². The van der Waals surface area contributed by atoms with Crippen LogP contribution in [0.4, 0.5) is 0 Å². The maximum atomic E-state index is 12.0. The molecule has 0 aromatic carbocycles. The number of nitrogens with zero attached hydrogens (tertiary/aromatic N) is 1. The van der Waals surface area contributed by atoms with E-state index >= 15 is 0 Å². The van der Waals surface area contributed by atoms with E-state index in [1.165, 1.54) is 6.42 Å². The molecule has 2 N–H and O–H groups in total. The quantitative estimate of drug-likeness (QED) is 0.779. The standard InChI is InChI=1S/C14H24N2O3/c1-14(2)7-11(14)8-15-9-12(17)16-5-3-10(4-6-16)13(18)19/h10-11,15H,3-9H2,1-2H3,(H,18,19). The molecule has 0 aromatic heterocycles. The third-order valence-corrected chi connectivity index (χ3v) is 4.58. The number of rotatable bonds is 5. The van der Waals surface area contributed by atoms with Crippen molar-refractivity contribution in [2.24, 2.45) is 17.3 Å². The zero-order chi connectivity index (χ0) is 14.0. The highest BCUT2D eigenvalue weighted by molar-refractivity contribution is 5.78. The first kappa shape index (κ1) is 14.3. The zero-order valence-corrected chi connectivity index (χ0v) is 11.8. The fourth-order valence-electron chi connectivity index (χ4n) is 2.77. The highest BCUT2D eigenvalue weighted by Gasteiger charge is 2.44. The van der Waals surface area contributed by atoms with Crippen LogP contribution < -0.4 is 5.32 Å². The molecular formula is C14H24N2O3. The summed E-state index contributed by atoms with van der Waals surface area (Å²) in [5.74, 6) is -0.217. The summed E-state index contributed by atoms with van der Waals surface area (Å²) in [5, 5.41) is 12.1. The summed E-state index contributed by atoms with van der Waals surface area (Å²) in [6.45, 7) is 6.93. The Morgan fingerprint density at radius 1 is 1.32 bits per heavy atom. The number of piperidine rings is 1. The van der Waals surface area contributed by atoms with Gasteiger partial charge in [0.1, 0.15) is 0 Å². The fourth-order valence-corrected chi connectivity index (χ4v) is 2.77. The zero-order valence-electron chi connectivity index (χ0n) is 11.8. The molecule has 19 heavy (non-hydrogen) atoms. The SMILES string of the molecule is CC1(C)CC1CNCC(=O)N1CCC(C(=O)O)CC1. The molecule has 1 heterocycles. The lowest BCUT2D eigenvalue weighted by Gasteiger charge is -2.30.